The normalized spacial score (nSPS) is 10.8. The Balaban J connectivity index is 1.65. The first-order chi connectivity index (χ1) is 11.3. The van der Waals surface area contributed by atoms with Crippen molar-refractivity contribution in [2.45, 2.75) is 0 Å². The van der Waals surface area contributed by atoms with E-state index in [2.05, 4.69) is 9.97 Å². The van der Waals surface area contributed by atoms with Crippen LogP contribution in [0.2, 0.25) is 0 Å². The monoisotopic (exact) mass is 306 g/mol. The highest BCUT2D eigenvalue weighted by Crippen LogP contribution is 2.27. The SMILES string of the molecule is Fc1ccc(-c2nc(-c3coc(-c4ccccc4)n3)co2)cc1. The van der Waals surface area contributed by atoms with Crippen molar-refractivity contribution in [2.75, 3.05) is 0 Å². The molecule has 0 amide bonds. The molecule has 0 unspecified atom stereocenters. The zero-order chi connectivity index (χ0) is 15.6. The lowest BCUT2D eigenvalue weighted by Crippen LogP contribution is -1.81. The molecule has 4 rings (SSSR count). The van der Waals surface area contributed by atoms with Gasteiger partial charge in [-0.25, -0.2) is 14.4 Å². The summed E-state index contributed by atoms with van der Waals surface area (Å²) in [6, 6.07) is 15.6. The van der Waals surface area contributed by atoms with E-state index in [1.807, 2.05) is 30.3 Å². The van der Waals surface area contributed by atoms with E-state index in [9.17, 15) is 4.39 Å². The van der Waals surface area contributed by atoms with Crippen molar-refractivity contribution < 1.29 is 13.2 Å². The van der Waals surface area contributed by atoms with E-state index in [1.54, 1.807) is 12.1 Å². The van der Waals surface area contributed by atoms with Gasteiger partial charge in [-0.2, -0.15) is 0 Å². The second-order valence-electron chi connectivity index (χ2n) is 4.95. The highest BCUT2D eigenvalue weighted by molar-refractivity contribution is 5.62. The van der Waals surface area contributed by atoms with Gasteiger partial charge in [0.05, 0.1) is 0 Å². The molecule has 0 spiro atoms. The van der Waals surface area contributed by atoms with Crippen LogP contribution in [-0.4, -0.2) is 9.97 Å². The predicted octanol–water partition coefficient (Wildman–Crippen LogP) is 4.80. The van der Waals surface area contributed by atoms with Crippen molar-refractivity contribution in [2.24, 2.45) is 0 Å². The van der Waals surface area contributed by atoms with E-state index >= 15 is 0 Å². The molecule has 2 aromatic heterocycles. The van der Waals surface area contributed by atoms with Crippen molar-refractivity contribution in [3.05, 3.63) is 72.9 Å². The fourth-order valence-electron chi connectivity index (χ4n) is 2.22. The summed E-state index contributed by atoms with van der Waals surface area (Å²) >= 11 is 0. The van der Waals surface area contributed by atoms with Crippen molar-refractivity contribution in [1.82, 2.24) is 9.97 Å². The third-order valence-corrected chi connectivity index (χ3v) is 3.38. The summed E-state index contributed by atoms with van der Waals surface area (Å²) < 4.78 is 23.9. The third kappa shape index (κ3) is 2.64. The van der Waals surface area contributed by atoms with Gasteiger partial charge in [-0.3, -0.25) is 0 Å². The Morgan fingerprint density at radius 3 is 1.74 bits per heavy atom. The molecule has 2 aromatic carbocycles. The molecule has 0 fully saturated rings. The topological polar surface area (TPSA) is 52.1 Å². The summed E-state index contributed by atoms with van der Waals surface area (Å²) in [4.78, 5) is 8.80. The minimum atomic E-state index is -0.301. The Labute approximate surface area is 131 Å². The maximum absolute atomic E-state index is 13.0. The van der Waals surface area contributed by atoms with Crippen LogP contribution >= 0.6 is 0 Å². The first kappa shape index (κ1) is 13.5. The fraction of sp³-hybridized carbons (Fsp3) is 0. The molecule has 0 aliphatic heterocycles. The Morgan fingerprint density at radius 2 is 1.17 bits per heavy atom. The molecule has 5 heteroatoms. The lowest BCUT2D eigenvalue weighted by molar-refractivity contribution is 0.572. The van der Waals surface area contributed by atoms with E-state index in [0.29, 0.717) is 28.7 Å². The fourth-order valence-corrected chi connectivity index (χ4v) is 2.22. The number of hydrogen-bond acceptors (Lipinski definition) is 4. The summed E-state index contributed by atoms with van der Waals surface area (Å²) in [6.07, 6.45) is 3.04. The number of hydrogen-bond donors (Lipinski definition) is 0. The van der Waals surface area contributed by atoms with Gasteiger partial charge in [0.15, 0.2) is 0 Å². The van der Waals surface area contributed by atoms with Gasteiger partial charge in [-0.05, 0) is 36.4 Å². The molecule has 0 radical (unpaired) electrons. The van der Waals surface area contributed by atoms with E-state index in [1.165, 1.54) is 24.7 Å². The second-order valence-corrected chi connectivity index (χ2v) is 4.95. The lowest BCUT2D eigenvalue weighted by atomic mass is 10.2. The number of rotatable bonds is 3. The molecule has 112 valence electrons. The van der Waals surface area contributed by atoms with Crippen LogP contribution < -0.4 is 0 Å². The molecule has 4 aromatic rings. The molecule has 0 bridgehead atoms. The largest absolute Gasteiger partial charge is 0.444 e. The molecule has 2 heterocycles. The molecule has 0 aliphatic rings. The molecule has 0 saturated carbocycles. The Bertz CT molecular complexity index is 927. The third-order valence-electron chi connectivity index (χ3n) is 3.38. The van der Waals surface area contributed by atoms with E-state index in [4.69, 9.17) is 8.83 Å². The van der Waals surface area contributed by atoms with Crippen molar-refractivity contribution in [3.8, 4) is 34.3 Å². The van der Waals surface area contributed by atoms with Crippen LogP contribution in [-0.2, 0) is 0 Å². The predicted molar refractivity (Wildman–Crippen MR) is 82.8 cm³/mol. The number of nitrogens with zero attached hydrogens (tertiary/aromatic N) is 2. The molecule has 4 nitrogen and oxygen atoms in total. The van der Waals surface area contributed by atoms with Crippen molar-refractivity contribution in [3.63, 3.8) is 0 Å². The molecular weight excluding hydrogens is 295 g/mol. The van der Waals surface area contributed by atoms with Crippen LogP contribution in [0.5, 0.6) is 0 Å². The van der Waals surface area contributed by atoms with Gasteiger partial charge in [0.25, 0.3) is 0 Å². The minimum Gasteiger partial charge on any atom is -0.444 e. The van der Waals surface area contributed by atoms with Gasteiger partial charge in [-0.15, -0.1) is 0 Å². The smallest absolute Gasteiger partial charge is 0.226 e. The van der Waals surface area contributed by atoms with Crippen LogP contribution in [0.25, 0.3) is 34.3 Å². The van der Waals surface area contributed by atoms with Gasteiger partial charge in [0, 0.05) is 11.1 Å². The molecule has 0 aliphatic carbocycles. The highest BCUT2D eigenvalue weighted by Gasteiger charge is 2.13. The summed E-state index contributed by atoms with van der Waals surface area (Å²) in [6.45, 7) is 0. The first-order valence-corrected chi connectivity index (χ1v) is 7.02. The van der Waals surface area contributed by atoms with E-state index in [0.717, 1.165) is 5.56 Å². The van der Waals surface area contributed by atoms with Crippen LogP contribution in [0, 0.1) is 5.82 Å². The molecule has 0 atom stereocenters. The van der Waals surface area contributed by atoms with Crippen LogP contribution in [0.1, 0.15) is 0 Å². The maximum atomic E-state index is 13.0. The Hall–Kier alpha value is -3.21. The van der Waals surface area contributed by atoms with E-state index in [-0.39, 0.29) is 5.82 Å². The maximum Gasteiger partial charge on any atom is 0.226 e. The summed E-state index contributed by atoms with van der Waals surface area (Å²) in [5.74, 6) is 0.626. The zero-order valence-corrected chi connectivity index (χ0v) is 11.9. The van der Waals surface area contributed by atoms with Crippen LogP contribution in [0.15, 0.2) is 76.0 Å². The first-order valence-electron chi connectivity index (χ1n) is 7.02. The minimum absolute atomic E-state index is 0.301. The standard InChI is InChI=1S/C18H11FN2O2/c19-14-8-6-13(7-9-14)18-21-16(11-23-18)15-10-22-17(20-15)12-4-2-1-3-5-12/h1-11H. The summed E-state index contributed by atoms with van der Waals surface area (Å²) in [5, 5.41) is 0. The lowest BCUT2D eigenvalue weighted by Gasteiger charge is -1.93. The van der Waals surface area contributed by atoms with Gasteiger partial charge in [-0.1, -0.05) is 18.2 Å². The second kappa shape index (κ2) is 5.53. The number of aromatic nitrogens is 2. The molecular formula is C18H11FN2O2. The Kier molecular flexibility index (Phi) is 3.24. The average molecular weight is 306 g/mol. The van der Waals surface area contributed by atoms with E-state index < -0.39 is 0 Å². The van der Waals surface area contributed by atoms with Crippen LogP contribution in [0.3, 0.4) is 0 Å². The number of benzene rings is 2. The summed E-state index contributed by atoms with van der Waals surface area (Å²) in [5.41, 5.74) is 2.74. The van der Waals surface area contributed by atoms with Gasteiger partial charge in [0.2, 0.25) is 11.8 Å². The van der Waals surface area contributed by atoms with Gasteiger partial charge in [0.1, 0.15) is 29.7 Å². The number of halogens is 1. The zero-order valence-electron chi connectivity index (χ0n) is 11.9. The quantitative estimate of drug-likeness (QED) is 0.545. The summed E-state index contributed by atoms with van der Waals surface area (Å²) in [7, 11) is 0. The van der Waals surface area contributed by atoms with Crippen molar-refractivity contribution in [1.29, 1.82) is 0 Å². The van der Waals surface area contributed by atoms with Gasteiger partial charge < -0.3 is 8.83 Å². The van der Waals surface area contributed by atoms with Gasteiger partial charge >= 0.3 is 0 Å². The molecule has 0 saturated heterocycles. The van der Waals surface area contributed by atoms with Crippen LogP contribution in [0.4, 0.5) is 4.39 Å². The molecule has 0 N–H and O–H groups in total. The molecule has 23 heavy (non-hydrogen) atoms. The number of oxazole rings is 2. The van der Waals surface area contributed by atoms with Crippen molar-refractivity contribution >= 4 is 0 Å². The average Bonchev–Trinajstić information content (AvgIpc) is 3.26. The highest BCUT2D eigenvalue weighted by atomic mass is 19.1. The Morgan fingerprint density at radius 1 is 0.652 bits per heavy atom.